The SMILES string of the molecule is CCC(CC)C(CNC(=O)N1CCC(N(CC)CC(=O)O)CC1)N1CCCC1. The molecule has 0 bridgehead atoms. The van der Waals surface area contributed by atoms with Gasteiger partial charge in [-0.15, -0.1) is 0 Å². The molecule has 0 spiro atoms. The van der Waals surface area contributed by atoms with Crippen molar-refractivity contribution in [2.24, 2.45) is 5.92 Å². The summed E-state index contributed by atoms with van der Waals surface area (Å²) in [6, 6.07) is 0.729. The number of carbonyl (C=O) groups excluding carboxylic acids is 1. The van der Waals surface area contributed by atoms with Crippen LogP contribution in [0.3, 0.4) is 0 Å². The number of carbonyl (C=O) groups is 2. The van der Waals surface area contributed by atoms with Crippen LogP contribution in [0.25, 0.3) is 0 Å². The summed E-state index contributed by atoms with van der Waals surface area (Å²) in [6.45, 7) is 11.7. The standard InChI is InChI=1S/C21H40N4O3/c1-4-17(5-2)19(24-11-7-8-12-24)15-22-21(28)25-13-9-18(10-14-25)23(6-3)16-20(26)27/h17-19H,4-16H2,1-3H3,(H,22,28)(H,26,27). The molecule has 2 aliphatic rings. The van der Waals surface area contributed by atoms with E-state index in [9.17, 15) is 9.59 Å². The molecule has 0 saturated carbocycles. The zero-order valence-corrected chi connectivity index (χ0v) is 18.0. The van der Waals surface area contributed by atoms with E-state index in [1.54, 1.807) is 0 Å². The Morgan fingerprint density at radius 1 is 1.07 bits per heavy atom. The summed E-state index contributed by atoms with van der Waals surface area (Å²) in [5.74, 6) is -0.158. The molecular formula is C21H40N4O3. The molecule has 1 unspecified atom stereocenters. The molecule has 162 valence electrons. The van der Waals surface area contributed by atoms with Crippen molar-refractivity contribution >= 4 is 12.0 Å². The lowest BCUT2D eigenvalue weighted by atomic mass is 9.93. The zero-order valence-electron chi connectivity index (χ0n) is 18.0. The first-order chi connectivity index (χ1) is 13.5. The van der Waals surface area contributed by atoms with Crippen molar-refractivity contribution in [3.05, 3.63) is 0 Å². The maximum Gasteiger partial charge on any atom is 0.317 e. The number of hydrogen-bond acceptors (Lipinski definition) is 4. The van der Waals surface area contributed by atoms with Crippen LogP contribution in [0, 0.1) is 5.92 Å². The normalized spacial score (nSPS) is 20.1. The minimum absolute atomic E-state index is 0.0369. The van der Waals surface area contributed by atoms with E-state index in [0.29, 0.717) is 25.0 Å². The average molecular weight is 397 g/mol. The minimum Gasteiger partial charge on any atom is -0.480 e. The topological polar surface area (TPSA) is 76.1 Å². The molecule has 2 amide bonds. The number of nitrogens with one attached hydrogen (secondary N) is 1. The largest absolute Gasteiger partial charge is 0.480 e. The minimum atomic E-state index is -0.781. The van der Waals surface area contributed by atoms with Crippen LogP contribution in [0.2, 0.25) is 0 Å². The molecule has 0 aromatic heterocycles. The molecule has 0 radical (unpaired) electrons. The first-order valence-corrected chi connectivity index (χ1v) is 11.2. The number of piperidine rings is 1. The van der Waals surface area contributed by atoms with Crippen LogP contribution in [0.15, 0.2) is 0 Å². The number of rotatable bonds is 10. The second kappa shape index (κ2) is 11.6. The smallest absolute Gasteiger partial charge is 0.317 e. The van der Waals surface area contributed by atoms with Crippen molar-refractivity contribution in [2.75, 3.05) is 45.8 Å². The second-order valence-corrected chi connectivity index (χ2v) is 8.25. The van der Waals surface area contributed by atoms with Crippen LogP contribution in [-0.4, -0.2) is 89.7 Å². The Bertz CT molecular complexity index is 482. The number of likely N-dealkylation sites (tertiary alicyclic amines) is 2. The molecule has 28 heavy (non-hydrogen) atoms. The number of carboxylic acid groups (broad SMARTS) is 1. The summed E-state index contributed by atoms with van der Waals surface area (Å²) < 4.78 is 0. The van der Waals surface area contributed by atoms with Crippen molar-refractivity contribution in [1.29, 1.82) is 0 Å². The van der Waals surface area contributed by atoms with Gasteiger partial charge in [-0.25, -0.2) is 4.79 Å². The van der Waals surface area contributed by atoms with Gasteiger partial charge in [0.2, 0.25) is 0 Å². The molecule has 1 atom stereocenters. The fourth-order valence-electron chi connectivity index (χ4n) is 4.91. The van der Waals surface area contributed by atoms with E-state index in [2.05, 4.69) is 24.1 Å². The Kier molecular flexibility index (Phi) is 9.51. The summed E-state index contributed by atoms with van der Waals surface area (Å²) in [7, 11) is 0. The molecule has 2 saturated heterocycles. The highest BCUT2D eigenvalue weighted by atomic mass is 16.4. The van der Waals surface area contributed by atoms with E-state index in [4.69, 9.17) is 5.11 Å². The van der Waals surface area contributed by atoms with Crippen molar-refractivity contribution in [2.45, 2.75) is 71.4 Å². The summed E-state index contributed by atoms with van der Waals surface area (Å²) >= 11 is 0. The van der Waals surface area contributed by atoms with Crippen molar-refractivity contribution in [3.8, 4) is 0 Å². The van der Waals surface area contributed by atoms with Gasteiger partial charge in [-0.05, 0) is 51.2 Å². The molecule has 0 aromatic rings. The number of hydrogen-bond donors (Lipinski definition) is 2. The van der Waals surface area contributed by atoms with E-state index in [0.717, 1.165) is 51.9 Å². The number of urea groups is 1. The van der Waals surface area contributed by atoms with Gasteiger partial charge in [0.15, 0.2) is 0 Å². The summed E-state index contributed by atoms with van der Waals surface area (Å²) in [4.78, 5) is 30.2. The quantitative estimate of drug-likeness (QED) is 0.593. The number of aliphatic carboxylic acids is 1. The summed E-state index contributed by atoms with van der Waals surface area (Å²) in [5.41, 5.74) is 0. The molecule has 7 nitrogen and oxygen atoms in total. The van der Waals surface area contributed by atoms with Gasteiger partial charge in [0, 0.05) is 31.7 Å². The van der Waals surface area contributed by atoms with Crippen molar-refractivity contribution in [1.82, 2.24) is 20.0 Å². The lowest BCUT2D eigenvalue weighted by molar-refractivity contribution is -0.139. The van der Waals surface area contributed by atoms with Crippen LogP contribution >= 0.6 is 0 Å². The summed E-state index contributed by atoms with van der Waals surface area (Å²) in [5, 5.41) is 12.3. The van der Waals surface area contributed by atoms with Crippen molar-refractivity contribution < 1.29 is 14.7 Å². The Balaban J connectivity index is 1.83. The number of nitrogens with zero attached hydrogens (tertiary/aromatic N) is 3. The Morgan fingerprint density at radius 2 is 1.68 bits per heavy atom. The van der Waals surface area contributed by atoms with Gasteiger partial charge in [0.25, 0.3) is 0 Å². The van der Waals surface area contributed by atoms with Gasteiger partial charge in [-0.3, -0.25) is 14.6 Å². The van der Waals surface area contributed by atoms with E-state index >= 15 is 0 Å². The third-order valence-electron chi connectivity index (χ3n) is 6.68. The Hall–Kier alpha value is -1.34. The average Bonchev–Trinajstić information content (AvgIpc) is 3.23. The molecule has 7 heteroatoms. The first-order valence-electron chi connectivity index (χ1n) is 11.2. The molecule has 2 N–H and O–H groups in total. The highest BCUT2D eigenvalue weighted by Gasteiger charge is 2.30. The molecule has 2 fully saturated rings. The molecule has 2 aliphatic heterocycles. The van der Waals surface area contributed by atoms with Crippen LogP contribution < -0.4 is 5.32 Å². The van der Waals surface area contributed by atoms with Crippen LogP contribution in [0.5, 0.6) is 0 Å². The van der Waals surface area contributed by atoms with E-state index in [1.165, 1.54) is 12.8 Å². The van der Waals surface area contributed by atoms with Crippen LogP contribution in [0.1, 0.15) is 59.3 Å². The van der Waals surface area contributed by atoms with Gasteiger partial charge in [0.05, 0.1) is 6.54 Å². The van der Waals surface area contributed by atoms with Gasteiger partial charge < -0.3 is 15.3 Å². The fraction of sp³-hybridized carbons (Fsp3) is 0.905. The molecule has 2 rings (SSSR count). The Labute approximate surface area is 170 Å². The predicted octanol–water partition coefficient (Wildman–Crippen LogP) is 2.47. The molecule has 2 heterocycles. The number of carboxylic acids is 1. The fourth-order valence-corrected chi connectivity index (χ4v) is 4.91. The first kappa shape index (κ1) is 22.9. The lowest BCUT2D eigenvalue weighted by Gasteiger charge is -2.38. The zero-order chi connectivity index (χ0) is 20.5. The highest BCUT2D eigenvalue weighted by Crippen LogP contribution is 2.23. The third-order valence-corrected chi connectivity index (χ3v) is 6.68. The molecule has 0 aromatic carbocycles. The number of amides is 2. The van der Waals surface area contributed by atoms with E-state index in [-0.39, 0.29) is 18.6 Å². The number of likely N-dealkylation sites (N-methyl/N-ethyl adjacent to an activating group) is 1. The van der Waals surface area contributed by atoms with Crippen molar-refractivity contribution in [3.63, 3.8) is 0 Å². The maximum absolute atomic E-state index is 12.7. The van der Waals surface area contributed by atoms with E-state index < -0.39 is 5.97 Å². The lowest BCUT2D eigenvalue weighted by Crippen LogP contribution is -2.53. The molecular weight excluding hydrogens is 356 g/mol. The second-order valence-electron chi connectivity index (χ2n) is 8.25. The Morgan fingerprint density at radius 3 is 2.18 bits per heavy atom. The third kappa shape index (κ3) is 6.34. The summed E-state index contributed by atoms with van der Waals surface area (Å²) in [6.07, 6.45) is 6.52. The maximum atomic E-state index is 12.7. The van der Waals surface area contributed by atoms with Crippen LogP contribution in [0.4, 0.5) is 4.79 Å². The monoisotopic (exact) mass is 396 g/mol. The highest BCUT2D eigenvalue weighted by molar-refractivity contribution is 5.74. The van der Waals surface area contributed by atoms with Gasteiger partial charge in [0.1, 0.15) is 0 Å². The van der Waals surface area contributed by atoms with E-state index in [1.807, 2.05) is 16.7 Å². The van der Waals surface area contributed by atoms with Gasteiger partial charge in [-0.2, -0.15) is 0 Å². The van der Waals surface area contributed by atoms with Gasteiger partial charge in [-0.1, -0.05) is 33.6 Å². The van der Waals surface area contributed by atoms with Crippen LogP contribution in [-0.2, 0) is 4.79 Å². The predicted molar refractivity (Wildman–Crippen MR) is 112 cm³/mol. The van der Waals surface area contributed by atoms with Gasteiger partial charge >= 0.3 is 12.0 Å². The molecule has 0 aliphatic carbocycles.